The van der Waals surface area contributed by atoms with Crippen molar-refractivity contribution in [2.45, 2.75) is 25.3 Å². The number of hydrogen-bond acceptors (Lipinski definition) is 4. The van der Waals surface area contributed by atoms with E-state index in [1.807, 2.05) is 29.1 Å². The molecule has 1 atom stereocenters. The van der Waals surface area contributed by atoms with Crippen LogP contribution in [0.25, 0.3) is 5.82 Å². The van der Waals surface area contributed by atoms with Crippen LogP contribution in [0.5, 0.6) is 0 Å². The van der Waals surface area contributed by atoms with Crippen molar-refractivity contribution in [1.29, 1.82) is 0 Å². The van der Waals surface area contributed by atoms with Crippen molar-refractivity contribution in [3.8, 4) is 5.82 Å². The molecule has 0 unspecified atom stereocenters. The van der Waals surface area contributed by atoms with Gasteiger partial charge in [-0.2, -0.15) is 10.2 Å². The Labute approximate surface area is 149 Å². The molecule has 1 N–H and O–H groups in total. The summed E-state index contributed by atoms with van der Waals surface area (Å²) in [6.07, 6.45) is 7.79. The van der Waals surface area contributed by atoms with Gasteiger partial charge < -0.3 is 5.32 Å². The van der Waals surface area contributed by atoms with Gasteiger partial charge >= 0.3 is 0 Å². The number of aryl methyl sites for hydroxylation is 1. The lowest BCUT2D eigenvalue weighted by molar-refractivity contribution is 0.0933. The van der Waals surface area contributed by atoms with Gasteiger partial charge in [-0.25, -0.2) is 9.67 Å². The molecule has 3 heterocycles. The van der Waals surface area contributed by atoms with E-state index < -0.39 is 0 Å². The van der Waals surface area contributed by atoms with E-state index in [0.29, 0.717) is 10.7 Å². The zero-order valence-electron chi connectivity index (χ0n) is 13.7. The molecule has 0 aliphatic heterocycles. The fraction of sp³-hybridized carbons (Fsp3) is 0.294. The molecule has 0 saturated carbocycles. The third-order valence-electron chi connectivity index (χ3n) is 4.47. The van der Waals surface area contributed by atoms with Crippen molar-refractivity contribution in [1.82, 2.24) is 29.9 Å². The van der Waals surface area contributed by atoms with Crippen molar-refractivity contribution >= 4 is 17.5 Å². The number of hydrogen-bond donors (Lipinski definition) is 1. The summed E-state index contributed by atoms with van der Waals surface area (Å²) in [6.45, 7) is 0. The minimum absolute atomic E-state index is 0.0926. The molecule has 3 aromatic heterocycles. The van der Waals surface area contributed by atoms with Crippen LogP contribution in [0.1, 0.15) is 40.5 Å². The highest BCUT2D eigenvalue weighted by molar-refractivity contribution is 6.32. The lowest BCUT2D eigenvalue weighted by atomic mass is 9.92. The van der Waals surface area contributed by atoms with E-state index in [0.717, 1.165) is 36.3 Å². The van der Waals surface area contributed by atoms with Gasteiger partial charge in [-0.1, -0.05) is 17.7 Å². The molecule has 25 heavy (non-hydrogen) atoms. The summed E-state index contributed by atoms with van der Waals surface area (Å²) in [5.41, 5.74) is 2.51. The number of aromatic nitrogens is 5. The van der Waals surface area contributed by atoms with E-state index in [4.69, 9.17) is 11.6 Å². The van der Waals surface area contributed by atoms with Crippen molar-refractivity contribution in [2.24, 2.45) is 7.05 Å². The smallest absolute Gasteiger partial charge is 0.256 e. The molecule has 8 heteroatoms. The molecule has 128 valence electrons. The highest BCUT2D eigenvalue weighted by Gasteiger charge is 2.27. The molecule has 0 saturated heterocycles. The molecule has 0 aromatic carbocycles. The van der Waals surface area contributed by atoms with E-state index in [-0.39, 0.29) is 11.9 Å². The average molecular weight is 357 g/mol. The summed E-state index contributed by atoms with van der Waals surface area (Å²) in [6, 6.07) is 5.64. The predicted octanol–water partition coefficient (Wildman–Crippen LogP) is 2.46. The van der Waals surface area contributed by atoms with Gasteiger partial charge in [0.25, 0.3) is 5.91 Å². The highest BCUT2D eigenvalue weighted by Crippen LogP contribution is 2.31. The largest absolute Gasteiger partial charge is 0.345 e. The van der Waals surface area contributed by atoms with E-state index >= 15 is 0 Å². The van der Waals surface area contributed by atoms with Crippen LogP contribution in [0.3, 0.4) is 0 Å². The van der Waals surface area contributed by atoms with Crippen molar-refractivity contribution in [2.75, 3.05) is 0 Å². The fourth-order valence-electron chi connectivity index (χ4n) is 3.19. The lowest BCUT2D eigenvalue weighted by Gasteiger charge is -2.24. The van der Waals surface area contributed by atoms with Gasteiger partial charge in [0.05, 0.1) is 29.7 Å². The number of nitrogens with one attached hydrogen (secondary N) is 1. The molecule has 1 amide bonds. The van der Waals surface area contributed by atoms with Gasteiger partial charge in [-0.05, 0) is 31.4 Å². The lowest BCUT2D eigenvalue weighted by Crippen LogP contribution is -2.31. The van der Waals surface area contributed by atoms with Crippen molar-refractivity contribution < 1.29 is 4.79 Å². The standard InChI is InChI=1S/C17H17ClN6O/c1-23-16(18)12(10-20-23)17(25)22-13-5-4-6-14-11(13)9-21-24(14)15-7-2-3-8-19-15/h2-3,7-10,13H,4-6H2,1H3,(H,22,25)/t13-/m0/s1. The SMILES string of the molecule is Cn1ncc(C(=O)N[C@H]2CCCc3c2cnn3-c2ccccn2)c1Cl. The van der Waals surface area contributed by atoms with Gasteiger partial charge in [0.1, 0.15) is 5.15 Å². The number of rotatable bonds is 3. The van der Waals surface area contributed by atoms with Gasteiger partial charge in [-0.15, -0.1) is 0 Å². The Morgan fingerprint density at radius 3 is 2.92 bits per heavy atom. The van der Waals surface area contributed by atoms with Gasteiger partial charge in [0.2, 0.25) is 0 Å². The number of nitrogens with zero attached hydrogens (tertiary/aromatic N) is 5. The number of carbonyl (C=O) groups is 1. The Bertz CT molecular complexity index is 917. The normalized spacial score (nSPS) is 16.5. The zero-order chi connectivity index (χ0) is 17.4. The van der Waals surface area contributed by atoms with Crippen molar-refractivity contribution in [3.05, 3.63) is 58.8 Å². The molecule has 1 aliphatic carbocycles. The van der Waals surface area contributed by atoms with E-state index in [9.17, 15) is 4.79 Å². The summed E-state index contributed by atoms with van der Waals surface area (Å²) in [7, 11) is 1.70. The quantitative estimate of drug-likeness (QED) is 0.782. The zero-order valence-corrected chi connectivity index (χ0v) is 14.4. The van der Waals surface area contributed by atoms with Gasteiger partial charge in [-0.3, -0.25) is 9.48 Å². The summed E-state index contributed by atoms with van der Waals surface area (Å²) in [4.78, 5) is 16.9. The van der Waals surface area contributed by atoms with Crippen molar-refractivity contribution in [3.63, 3.8) is 0 Å². The Morgan fingerprint density at radius 2 is 2.20 bits per heavy atom. The summed E-state index contributed by atoms with van der Waals surface area (Å²) >= 11 is 6.12. The molecule has 7 nitrogen and oxygen atoms in total. The topological polar surface area (TPSA) is 77.6 Å². The Morgan fingerprint density at radius 1 is 1.32 bits per heavy atom. The van der Waals surface area contributed by atoms with Crippen LogP contribution in [0.4, 0.5) is 0 Å². The van der Waals surface area contributed by atoms with E-state index in [1.165, 1.54) is 10.9 Å². The van der Waals surface area contributed by atoms with E-state index in [1.54, 1.807) is 13.2 Å². The molecule has 4 rings (SSSR count). The molecule has 0 radical (unpaired) electrons. The number of carbonyl (C=O) groups excluding carboxylic acids is 1. The number of fused-ring (bicyclic) bond motifs is 1. The van der Waals surface area contributed by atoms with Crippen LogP contribution in [0.15, 0.2) is 36.8 Å². The second-order valence-electron chi connectivity index (χ2n) is 6.04. The minimum Gasteiger partial charge on any atom is -0.345 e. The van der Waals surface area contributed by atoms with Crippen LogP contribution in [0, 0.1) is 0 Å². The number of amides is 1. The highest BCUT2D eigenvalue weighted by atomic mass is 35.5. The average Bonchev–Trinajstić information content (AvgIpc) is 3.21. The first kappa shape index (κ1) is 15.8. The molecule has 3 aromatic rings. The van der Waals surface area contributed by atoms with Crippen LogP contribution in [0.2, 0.25) is 5.15 Å². The Kier molecular flexibility index (Phi) is 4.01. The predicted molar refractivity (Wildman–Crippen MR) is 92.7 cm³/mol. The first-order valence-corrected chi connectivity index (χ1v) is 8.49. The summed E-state index contributed by atoms with van der Waals surface area (Å²) in [5.74, 6) is 0.563. The summed E-state index contributed by atoms with van der Waals surface area (Å²) < 4.78 is 3.33. The maximum Gasteiger partial charge on any atom is 0.256 e. The first-order valence-electron chi connectivity index (χ1n) is 8.11. The Balaban J connectivity index is 1.61. The summed E-state index contributed by atoms with van der Waals surface area (Å²) in [5, 5.41) is 11.9. The molecule has 0 spiro atoms. The van der Waals surface area contributed by atoms with Crippen LogP contribution in [-0.4, -0.2) is 30.5 Å². The molecule has 0 bridgehead atoms. The number of halogens is 1. The fourth-order valence-corrected chi connectivity index (χ4v) is 3.37. The third kappa shape index (κ3) is 2.80. The molecule has 1 aliphatic rings. The van der Waals surface area contributed by atoms with Gasteiger partial charge in [0.15, 0.2) is 5.82 Å². The van der Waals surface area contributed by atoms with Crippen LogP contribution >= 0.6 is 11.6 Å². The monoisotopic (exact) mass is 356 g/mol. The minimum atomic E-state index is -0.221. The first-order chi connectivity index (χ1) is 12.1. The number of pyridine rings is 1. The van der Waals surface area contributed by atoms with E-state index in [2.05, 4.69) is 20.5 Å². The van der Waals surface area contributed by atoms with Crippen LogP contribution in [-0.2, 0) is 13.5 Å². The molecular weight excluding hydrogens is 340 g/mol. The maximum atomic E-state index is 12.5. The molecular formula is C17H17ClN6O. The van der Waals surface area contributed by atoms with Crippen LogP contribution < -0.4 is 5.32 Å². The Hall–Kier alpha value is -2.67. The second kappa shape index (κ2) is 6.33. The third-order valence-corrected chi connectivity index (χ3v) is 4.91. The second-order valence-corrected chi connectivity index (χ2v) is 6.40. The molecule has 0 fully saturated rings. The van der Waals surface area contributed by atoms with Gasteiger partial charge in [0, 0.05) is 18.8 Å². The maximum absolute atomic E-state index is 12.5.